The van der Waals surface area contributed by atoms with Gasteiger partial charge in [-0.05, 0) is 36.1 Å². The van der Waals surface area contributed by atoms with Crippen molar-refractivity contribution in [1.82, 2.24) is 20.1 Å². The van der Waals surface area contributed by atoms with Crippen molar-refractivity contribution in [3.05, 3.63) is 66.0 Å². The SMILES string of the molecule is O=C(N[C@H](c1ccccc1)c1ccncc1)N1CCN(C2CCOCC2)CC1. The number of hydrogen-bond donors (Lipinski definition) is 1. The van der Waals surface area contributed by atoms with E-state index in [0.717, 1.165) is 63.4 Å². The minimum Gasteiger partial charge on any atom is -0.381 e. The molecule has 1 atom stereocenters. The Morgan fingerprint density at radius 1 is 0.964 bits per heavy atom. The van der Waals surface area contributed by atoms with Crippen LogP contribution >= 0.6 is 0 Å². The fraction of sp³-hybridized carbons (Fsp3) is 0.455. The second-order valence-electron chi connectivity index (χ2n) is 7.44. The van der Waals surface area contributed by atoms with Gasteiger partial charge in [0.2, 0.25) is 0 Å². The quantitative estimate of drug-likeness (QED) is 0.886. The van der Waals surface area contributed by atoms with Crippen molar-refractivity contribution in [2.45, 2.75) is 24.9 Å². The zero-order chi connectivity index (χ0) is 19.2. The zero-order valence-electron chi connectivity index (χ0n) is 16.2. The smallest absolute Gasteiger partial charge is 0.318 e. The molecule has 6 nitrogen and oxygen atoms in total. The number of rotatable bonds is 4. The number of hydrogen-bond acceptors (Lipinski definition) is 4. The van der Waals surface area contributed by atoms with Gasteiger partial charge in [0.25, 0.3) is 0 Å². The number of urea groups is 1. The average Bonchev–Trinajstić information content (AvgIpc) is 2.79. The number of carbonyl (C=O) groups excluding carboxylic acids is 1. The van der Waals surface area contributed by atoms with Crippen LogP contribution in [0, 0.1) is 0 Å². The molecule has 6 heteroatoms. The normalized spacial score (nSPS) is 19.9. The van der Waals surface area contributed by atoms with Gasteiger partial charge >= 0.3 is 6.03 Å². The van der Waals surface area contributed by atoms with Gasteiger partial charge in [0.15, 0.2) is 0 Å². The van der Waals surface area contributed by atoms with Gasteiger partial charge in [0.05, 0.1) is 6.04 Å². The summed E-state index contributed by atoms with van der Waals surface area (Å²) in [5, 5.41) is 3.23. The minimum absolute atomic E-state index is 0.00251. The van der Waals surface area contributed by atoms with Gasteiger partial charge in [0.1, 0.15) is 0 Å². The van der Waals surface area contributed by atoms with Crippen molar-refractivity contribution in [1.29, 1.82) is 0 Å². The van der Waals surface area contributed by atoms with Gasteiger partial charge in [-0.2, -0.15) is 0 Å². The maximum absolute atomic E-state index is 13.0. The summed E-state index contributed by atoms with van der Waals surface area (Å²) in [6.07, 6.45) is 5.74. The van der Waals surface area contributed by atoms with Crippen LogP contribution in [0.4, 0.5) is 4.79 Å². The average molecular weight is 380 g/mol. The molecule has 2 aromatic rings. The molecule has 3 heterocycles. The first-order valence-electron chi connectivity index (χ1n) is 10.1. The molecule has 1 aromatic carbocycles. The molecule has 0 saturated carbocycles. The van der Waals surface area contributed by atoms with Crippen LogP contribution in [0.3, 0.4) is 0 Å². The highest BCUT2D eigenvalue weighted by molar-refractivity contribution is 5.75. The standard InChI is InChI=1S/C22H28N4O2/c27-22(26-14-12-25(13-15-26)20-8-16-28-17-9-20)24-21(18-4-2-1-3-5-18)19-6-10-23-11-7-19/h1-7,10-11,20-21H,8-9,12-17H2,(H,24,27)/t21-/m1/s1. The molecule has 2 aliphatic rings. The highest BCUT2D eigenvalue weighted by Crippen LogP contribution is 2.22. The maximum Gasteiger partial charge on any atom is 0.318 e. The summed E-state index contributed by atoms with van der Waals surface area (Å²) in [7, 11) is 0. The molecule has 0 unspecified atom stereocenters. The van der Waals surface area contributed by atoms with E-state index in [0.29, 0.717) is 6.04 Å². The van der Waals surface area contributed by atoms with Crippen LogP contribution in [0.25, 0.3) is 0 Å². The number of carbonyl (C=O) groups is 1. The highest BCUT2D eigenvalue weighted by Gasteiger charge is 2.28. The molecule has 0 aliphatic carbocycles. The van der Waals surface area contributed by atoms with E-state index in [4.69, 9.17) is 4.74 Å². The summed E-state index contributed by atoms with van der Waals surface area (Å²) < 4.78 is 5.47. The third-order valence-corrected chi connectivity index (χ3v) is 5.75. The minimum atomic E-state index is -0.176. The number of aromatic nitrogens is 1. The van der Waals surface area contributed by atoms with Crippen molar-refractivity contribution in [3.8, 4) is 0 Å². The van der Waals surface area contributed by atoms with Gasteiger partial charge in [-0.15, -0.1) is 0 Å². The zero-order valence-corrected chi connectivity index (χ0v) is 16.2. The molecular formula is C22H28N4O2. The van der Waals surface area contributed by atoms with Gasteiger partial charge in [-0.1, -0.05) is 30.3 Å². The Morgan fingerprint density at radius 3 is 2.29 bits per heavy atom. The van der Waals surface area contributed by atoms with Crippen molar-refractivity contribution in [2.75, 3.05) is 39.4 Å². The number of piperazine rings is 1. The Morgan fingerprint density at radius 2 is 1.61 bits per heavy atom. The molecule has 0 bridgehead atoms. The van der Waals surface area contributed by atoms with Crippen LogP contribution in [-0.4, -0.2) is 66.2 Å². The summed E-state index contributed by atoms with van der Waals surface area (Å²) in [5.41, 5.74) is 2.11. The lowest BCUT2D eigenvalue weighted by Gasteiger charge is -2.41. The van der Waals surface area contributed by atoms with Crippen LogP contribution in [-0.2, 0) is 4.74 Å². The Kier molecular flexibility index (Phi) is 6.19. The van der Waals surface area contributed by atoms with Crippen molar-refractivity contribution >= 4 is 6.03 Å². The molecule has 2 amide bonds. The summed E-state index contributed by atoms with van der Waals surface area (Å²) in [5.74, 6) is 0. The molecule has 28 heavy (non-hydrogen) atoms. The van der Waals surface area contributed by atoms with Crippen molar-refractivity contribution < 1.29 is 9.53 Å². The van der Waals surface area contributed by atoms with Gasteiger partial charge in [-0.25, -0.2) is 4.79 Å². The van der Waals surface area contributed by atoms with Crippen LogP contribution in [0.15, 0.2) is 54.9 Å². The Bertz CT molecular complexity index is 702. The van der Waals surface area contributed by atoms with E-state index in [-0.39, 0.29) is 12.1 Å². The van der Waals surface area contributed by atoms with Crippen LogP contribution < -0.4 is 5.32 Å². The van der Waals surface area contributed by atoms with Crippen molar-refractivity contribution in [3.63, 3.8) is 0 Å². The lowest BCUT2D eigenvalue weighted by molar-refractivity contribution is 0.0186. The van der Waals surface area contributed by atoms with Gasteiger partial charge in [0, 0.05) is 57.8 Å². The molecule has 148 valence electrons. The number of nitrogens with one attached hydrogen (secondary N) is 1. The highest BCUT2D eigenvalue weighted by atomic mass is 16.5. The Balaban J connectivity index is 1.40. The number of nitrogens with zero attached hydrogens (tertiary/aromatic N) is 3. The molecule has 1 N–H and O–H groups in total. The van der Waals surface area contributed by atoms with Crippen molar-refractivity contribution in [2.24, 2.45) is 0 Å². The molecule has 0 spiro atoms. The number of benzene rings is 1. The topological polar surface area (TPSA) is 57.7 Å². The molecule has 2 saturated heterocycles. The fourth-order valence-corrected chi connectivity index (χ4v) is 4.12. The Hall–Kier alpha value is -2.44. The molecule has 1 aromatic heterocycles. The molecule has 4 rings (SSSR count). The predicted molar refractivity (Wildman–Crippen MR) is 108 cm³/mol. The predicted octanol–water partition coefficient (Wildman–Crippen LogP) is 2.68. The monoisotopic (exact) mass is 380 g/mol. The summed E-state index contributed by atoms with van der Waals surface area (Å²) in [4.78, 5) is 21.6. The largest absolute Gasteiger partial charge is 0.381 e. The van der Waals surface area contributed by atoms with Crippen LogP contribution in [0.1, 0.15) is 30.0 Å². The van der Waals surface area contributed by atoms with E-state index in [1.807, 2.05) is 35.2 Å². The van der Waals surface area contributed by atoms with Gasteiger partial charge < -0.3 is 15.0 Å². The summed E-state index contributed by atoms with van der Waals surface area (Å²) >= 11 is 0. The first-order valence-corrected chi connectivity index (χ1v) is 10.1. The number of pyridine rings is 1. The first kappa shape index (κ1) is 18.9. The van der Waals surface area contributed by atoms with E-state index < -0.39 is 0 Å². The molecule has 0 radical (unpaired) electrons. The molecule has 2 fully saturated rings. The lowest BCUT2D eigenvalue weighted by atomic mass is 10.00. The Labute approximate surface area is 166 Å². The first-order chi connectivity index (χ1) is 13.8. The van der Waals surface area contributed by atoms with E-state index >= 15 is 0 Å². The van der Waals surface area contributed by atoms with Crippen LogP contribution in [0.5, 0.6) is 0 Å². The molecule has 2 aliphatic heterocycles. The fourth-order valence-electron chi connectivity index (χ4n) is 4.12. The lowest BCUT2D eigenvalue weighted by Crippen LogP contribution is -2.55. The maximum atomic E-state index is 13.0. The summed E-state index contributed by atoms with van der Waals surface area (Å²) in [6, 6.07) is 14.4. The second-order valence-corrected chi connectivity index (χ2v) is 7.44. The number of ether oxygens (including phenoxy) is 1. The third kappa shape index (κ3) is 4.51. The summed E-state index contributed by atoms with van der Waals surface area (Å²) in [6.45, 7) is 5.11. The van der Waals surface area contributed by atoms with Gasteiger partial charge in [-0.3, -0.25) is 9.88 Å². The number of amides is 2. The van der Waals surface area contributed by atoms with E-state index in [1.54, 1.807) is 12.4 Å². The second kappa shape index (κ2) is 9.17. The van der Waals surface area contributed by atoms with Crippen LogP contribution in [0.2, 0.25) is 0 Å². The van der Waals surface area contributed by atoms with E-state index in [9.17, 15) is 4.79 Å². The van der Waals surface area contributed by atoms with E-state index in [1.165, 1.54) is 0 Å². The van der Waals surface area contributed by atoms with E-state index in [2.05, 4.69) is 27.3 Å². The third-order valence-electron chi connectivity index (χ3n) is 5.75. The molecular weight excluding hydrogens is 352 g/mol.